The van der Waals surface area contributed by atoms with Crippen molar-refractivity contribution in [2.24, 2.45) is 0 Å². The molecular weight excluding hydrogens is 580 g/mol. The Balaban J connectivity index is 3.38. The normalized spacial score (nSPS) is 12.3. The minimum Gasteiger partial charge on any atom is -0.457 e. The first-order chi connectivity index (χ1) is 23.2. The molecule has 0 amide bonds. The number of ether oxygens (including phenoxy) is 2. The van der Waals surface area contributed by atoms with Crippen LogP contribution in [0.1, 0.15) is 232 Å². The molecule has 0 aromatic rings. The van der Waals surface area contributed by atoms with Crippen LogP contribution in [0.2, 0.25) is 0 Å². The molecule has 0 radical (unpaired) electrons. The number of hydrogen-bond acceptors (Lipinski definition) is 4. The number of aliphatic hydroxyl groups is 1. The van der Waals surface area contributed by atoms with Crippen LogP contribution in [0.15, 0.2) is 12.2 Å². The van der Waals surface area contributed by atoms with Gasteiger partial charge in [-0.1, -0.05) is 199 Å². The van der Waals surface area contributed by atoms with E-state index in [1.807, 2.05) is 0 Å². The second kappa shape index (κ2) is 41.3. The van der Waals surface area contributed by atoms with Gasteiger partial charge < -0.3 is 14.6 Å². The number of hydrogen-bond donors (Lipinski definition) is 1. The predicted octanol–water partition coefficient (Wildman–Crippen LogP) is 13.8. The molecule has 0 rings (SSSR count). The van der Waals surface area contributed by atoms with Gasteiger partial charge >= 0.3 is 5.97 Å². The summed E-state index contributed by atoms with van der Waals surface area (Å²) in [6, 6.07) is 0. The Hall–Kier alpha value is -0.870. The Morgan fingerprint density at radius 2 is 0.830 bits per heavy atom. The van der Waals surface area contributed by atoms with Gasteiger partial charge in [0.1, 0.15) is 6.10 Å². The van der Waals surface area contributed by atoms with E-state index in [1.165, 1.54) is 193 Å². The number of rotatable bonds is 40. The first-order valence-electron chi connectivity index (χ1n) is 21.3. The summed E-state index contributed by atoms with van der Waals surface area (Å²) in [5, 5.41) is 9.59. The van der Waals surface area contributed by atoms with Crippen LogP contribution in [0.5, 0.6) is 0 Å². The highest BCUT2D eigenvalue weighted by Gasteiger charge is 2.13. The smallest absolute Gasteiger partial charge is 0.306 e. The second-order valence-corrected chi connectivity index (χ2v) is 14.4. The van der Waals surface area contributed by atoms with Gasteiger partial charge in [0.2, 0.25) is 0 Å². The molecule has 0 saturated carbocycles. The third kappa shape index (κ3) is 39.5. The van der Waals surface area contributed by atoms with Crippen molar-refractivity contribution in [2.75, 3.05) is 19.8 Å². The molecule has 0 aliphatic rings. The predicted molar refractivity (Wildman–Crippen MR) is 205 cm³/mol. The minimum absolute atomic E-state index is 0.167. The SMILES string of the molecule is CCCCCCCC/C=C\CCCCCCCCCCOCC(CO)OC(=O)CCCCCCCCCCCCCCCCCCC. The van der Waals surface area contributed by atoms with E-state index < -0.39 is 6.10 Å². The van der Waals surface area contributed by atoms with Gasteiger partial charge in [-0.15, -0.1) is 0 Å². The van der Waals surface area contributed by atoms with E-state index in [1.54, 1.807) is 0 Å². The summed E-state index contributed by atoms with van der Waals surface area (Å²) >= 11 is 0. The molecule has 0 aliphatic heterocycles. The fourth-order valence-electron chi connectivity index (χ4n) is 6.38. The highest BCUT2D eigenvalue weighted by molar-refractivity contribution is 5.69. The molecule has 47 heavy (non-hydrogen) atoms. The molecule has 0 bridgehead atoms. The Morgan fingerprint density at radius 1 is 0.489 bits per heavy atom. The zero-order valence-electron chi connectivity index (χ0n) is 32.1. The van der Waals surface area contributed by atoms with Crippen molar-refractivity contribution in [3.05, 3.63) is 12.2 Å². The minimum atomic E-state index is -0.529. The molecule has 0 heterocycles. The monoisotopic (exact) mass is 665 g/mol. The molecule has 0 saturated heterocycles. The maximum absolute atomic E-state index is 12.2. The van der Waals surface area contributed by atoms with Crippen molar-refractivity contribution in [1.29, 1.82) is 0 Å². The van der Waals surface area contributed by atoms with E-state index in [2.05, 4.69) is 26.0 Å². The van der Waals surface area contributed by atoms with E-state index in [4.69, 9.17) is 9.47 Å². The fraction of sp³-hybridized carbons (Fsp3) is 0.930. The summed E-state index contributed by atoms with van der Waals surface area (Å²) < 4.78 is 11.2. The summed E-state index contributed by atoms with van der Waals surface area (Å²) in [4.78, 5) is 12.2. The highest BCUT2D eigenvalue weighted by atomic mass is 16.6. The second-order valence-electron chi connectivity index (χ2n) is 14.4. The highest BCUT2D eigenvalue weighted by Crippen LogP contribution is 2.15. The number of carbonyl (C=O) groups is 1. The van der Waals surface area contributed by atoms with Crippen molar-refractivity contribution in [1.82, 2.24) is 0 Å². The van der Waals surface area contributed by atoms with Crippen molar-refractivity contribution >= 4 is 5.97 Å². The van der Waals surface area contributed by atoms with Gasteiger partial charge in [-0.05, 0) is 38.5 Å². The number of carbonyl (C=O) groups excluding carboxylic acids is 1. The average Bonchev–Trinajstić information content (AvgIpc) is 3.08. The lowest BCUT2D eigenvalue weighted by atomic mass is 10.0. The van der Waals surface area contributed by atoms with Crippen molar-refractivity contribution < 1.29 is 19.4 Å². The molecule has 1 atom stereocenters. The van der Waals surface area contributed by atoms with E-state index in [0.717, 1.165) is 19.3 Å². The van der Waals surface area contributed by atoms with Gasteiger partial charge in [-0.3, -0.25) is 4.79 Å². The van der Waals surface area contributed by atoms with Crippen molar-refractivity contribution in [3.8, 4) is 0 Å². The third-order valence-electron chi connectivity index (χ3n) is 9.59. The lowest BCUT2D eigenvalue weighted by Gasteiger charge is -2.16. The van der Waals surface area contributed by atoms with E-state index in [0.29, 0.717) is 19.6 Å². The topological polar surface area (TPSA) is 55.8 Å². The Bertz CT molecular complexity index is 619. The van der Waals surface area contributed by atoms with Crippen LogP contribution in [0.3, 0.4) is 0 Å². The third-order valence-corrected chi connectivity index (χ3v) is 9.59. The van der Waals surface area contributed by atoms with Crippen molar-refractivity contribution in [3.63, 3.8) is 0 Å². The molecule has 280 valence electrons. The largest absolute Gasteiger partial charge is 0.457 e. The Labute approximate surface area is 295 Å². The van der Waals surface area contributed by atoms with Crippen LogP contribution < -0.4 is 0 Å². The van der Waals surface area contributed by atoms with Crippen LogP contribution >= 0.6 is 0 Å². The zero-order valence-corrected chi connectivity index (χ0v) is 32.1. The van der Waals surface area contributed by atoms with Crippen LogP contribution in [-0.2, 0) is 14.3 Å². The lowest BCUT2D eigenvalue weighted by molar-refractivity contribution is -0.154. The van der Waals surface area contributed by atoms with Crippen LogP contribution in [0.4, 0.5) is 0 Å². The quantitative estimate of drug-likeness (QED) is 0.0402. The van der Waals surface area contributed by atoms with E-state index in [9.17, 15) is 9.90 Å². The maximum atomic E-state index is 12.2. The molecule has 0 aliphatic carbocycles. The molecule has 4 heteroatoms. The summed E-state index contributed by atoms with van der Waals surface area (Å²) in [6.45, 7) is 5.38. The van der Waals surface area contributed by atoms with E-state index >= 15 is 0 Å². The van der Waals surface area contributed by atoms with Gasteiger partial charge in [-0.2, -0.15) is 0 Å². The number of unbranched alkanes of at least 4 members (excludes halogenated alkanes) is 30. The van der Waals surface area contributed by atoms with Gasteiger partial charge in [-0.25, -0.2) is 0 Å². The molecule has 4 nitrogen and oxygen atoms in total. The molecular formula is C43H84O4. The number of aliphatic hydroxyl groups excluding tert-OH is 1. The van der Waals surface area contributed by atoms with Gasteiger partial charge in [0, 0.05) is 13.0 Å². The standard InChI is InChI=1S/C43H84O4/c1-3-5-7-9-11-13-15-17-19-21-23-25-27-29-31-33-35-37-39-46-41-42(40-44)47-43(45)38-36-34-32-30-28-26-24-22-20-18-16-14-12-10-8-6-4-2/h17,19,42,44H,3-16,18,20-41H2,1-2H3/b19-17-. The average molecular weight is 665 g/mol. The first-order valence-corrected chi connectivity index (χ1v) is 21.3. The van der Waals surface area contributed by atoms with Gasteiger partial charge in [0.25, 0.3) is 0 Å². The molecule has 0 spiro atoms. The molecule has 0 aromatic carbocycles. The molecule has 1 N–H and O–H groups in total. The summed E-state index contributed by atoms with van der Waals surface area (Å²) in [5.41, 5.74) is 0. The molecule has 1 unspecified atom stereocenters. The first kappa shape index (κ1) is 46.1. The summed E-state index contributed by atoms with van der Waals surface area (Å²) in [7, 11) is 0. The fourth-order valence-corrected chi connectivity index (χ4v) is 6.38. The lowest BCUT2D eigenvalue weighted by Crippen LogP contribution is -2.27. The summed E-state index contributed by atoms with van der Waals surface area (Å²) in [6.07, 6.45) is 48.4. The van der Waals surface area contributed by atoms with E-state index in [-0.39, 0.29) is 12.6 Å². The van der Waals surface area contributed by atoms with Gasteiger partial charge in [0.05, 0.1) is 13.2 Å². The number of allylic oxidation sites excluding steroid dienone is 2. The van der Waals surface area contributed by atoms with Crippen LogP contribution in [0.25, 0.3) is 0 Å². The van der Waals surface area contributed by atoms with Crippen LogP contribution in [-0.4, -0.2) is 37.0 Å². The molecule has 0 aromatic heterocycles. The Kier molecular flexibility index (Phi) is 40.5. The number of esters is 1. The molecule has 0 fully saturated rings. The summed E-state index contributed by atoms with van der Waals surface area (Å²) in [5.74, 6) is -0.196. The zero-order chi connectivity index (χ0) is 34.1. The van der Waals surface area contributed by atoms with Gasteiger partial charge in [0.15, 0.2) is 0 Å². The maximum Gasteiger partial charge on any atom is 0.306 e. The Morgan fingerprint density at radius 3 is 1.21 bits per heavy atom. The van der Waals surface area contributed by atoms with Crippen molar-refractivity contribution in [2.45, 2.75) is 238 Å². The van der Waals surface area contributed by atoms with Crippen LogP contribution in [0, 0.1) is 0 Å².